The molecule has 3 rings (SSSR count). The Balaban J connectivity index is 1.60. The van der Waals surface area contributed by atoms with E-state index in [1.165, 1.54) is 50.8 Å². The van der Waals surface area contributed by atoms with Crippen LogP contribution in [-0.4, -0.2) is 18.0 Å². The van der Waals surface area contributed by atoms with E-state index < -0.39 is 0 Å². The number of nitrogens with two attached hydrogens (primary N) is 1. The van der Waals surface area contributed by atoms with E-state index in [0.717, 1.165) is 29.9 Å². The van der Waals surface area contributed by atoms with Gasteiger partial charge in [0.15, 0.2) is 0 Å². The van der Waals surface area contributed by atoms with E-state index in [1.54, 1.807) is 0 Å². The van der Waals surface area contributed by atoms with E-state index in [0.29, 0.717) is 6.54 Å². The molecule has 2 unspecified atom stereocenters. The normalized spacial score (nSPS) is 28.3. The summed E-state index contributed by atoms with van der Waals surface area (Å²) < 4.78 is 5.84. The molecule has 1 saturated carbocycles. The average Bonchev–Trinajstić information content (AvgIpc) is 2.78. The first-order valence-electron chi connectivity index (χ1n) is 7.77. The first kappa shape index (κ1) is 13.2. The van der Waals surface area contributed by atoms with E-state index in [2.05, 4.69) is 17.9 Å². The van der Waals surface area contributed by atoms with E-state index in [4.69, 9.17) is 10.2 Å². The Morgan fingerprint density at radius 3 is 2.79 bits per heavy atom. The summed E-state index contributed by atoms with van der Waals surface area (Å²) in [6.07, 6.45) is 7.18. The van der Waals surface area contributed by atoms with Crippen LogP contribution in [0, 0.1) is 18.8 Å². The molecule has 0 amide bonds. The molecule has 2 heterocycles. The third kappa shape index (κ3) is 2.87. The molecule has 0 spiro atoms. The molecule has 2 atom stereocenters. The molecule has 2 fully saturated rings. The molecule has 1 aromatic rings. The van der Waals surface area contributed by atoms with Gasteiger partial charge in [0.2, 0.25) is 0 Å². The molecule has 19 heavy (non-hydrogen) atoms. The minimum absolute atomic E-state index is 0.510. The molecule has 1 aromatic heterocycles. The van der Waals surface area contributed by atoms with Crippen LogP contribution in [0.5, 0.6) is 0 Å². The SMILES string of the molecule is Cc1cc(CN2CCC3CCCCC3C2)oc1CN. The van der Waals surface area contributed by atoms with Crippen LogP contribution in [0.25, 0.3) is 0 Å². The van der Waals surface area contributed by atoms with Crippen LogP contribution in [0.1, 0.15) is 49.2 Å². The Morgan fingerprint density at radius 1 is 1.26 bits per heavy atom. The fraction of sp³-hybridized carbons (Fsp3) is 0.750. The minimum Gasteiger partial charge on any atom is -0.463 e. The summed E-state index contributed by atoms with van der Waals surface area (Å²) >= 11 is 0. The molecule has 2 N–H and O–H groups in total. The van der Waals surface area contributed by atoms with Crippen molar-refractivity contribution in [1.82, 2.24) is 4.90 Å². The van der Waals surface area contributed by atoms with Gasteiger partial charge in [-0.25, -0.2) is 0 Å². The maximum atomic E-state index is 5.84. The smallest absolute Gasteiger partial charge is 0.120 e. The minimum atomic E-state index is 0.510. The van der Waals surface area contributed by atoms with Crippen molar-refractivity contribution in [3.8, 4) is 0 Å². The number of hydrogen-bond acceptors (Lipinski definition) is 3. The molecular formula is C16H26N2O. The number of likely N-dealkylation sites (tertiary alicyclic amines) is 1. The van der Waals surface area contributed by atoms with Crippen molar-refractivity contribution >= 4 is 0 Å². The van der Waals surface area contributed by atoms with Crippen molar-refractivity contribution in [1.29, 1.82) is 0 Å². The lowest BCUT2D eigenvalue weighted by Gasteiger charge is -2.41. The number of nitrogens with zero attached hydrogens (tertiary/aromatic N) is 1. The molecule has 106 valence electrons. The lowest BCUT2D eigenvalue weighted by molar-refractivity contribution is 0.0772. The van der Waals surface area contributed by atoms with Crippen LogP contribution in [0.2, 0.25) is 0 Å². The molecular weight excluding hydrogens is 236 g/mol. The van der Waals surface area contributed by atoms with E-state index in [-0.39, 0.29) is 0 Å². The molecule has 0 bridgehead atoms. The zero-order chi connectivity index (χ0) is 13.2. The van der Waals surface area contributed by atoms with Crippen LogP contribution in [0.4, 0.5) is 0 Å². The van der Waals surface area contributed by atoms with E-state index in [9.17, 15) is 0 Å². The number of piperidine rings is 1. The summed E-state index contributed by atoms with van der Waals surface area (Å²) in [6.45, 7) is 6.06. The number of hydrogen-bond donors (Lipinski definition) is 1. The van der Waals surface area contributed by atoms with Crippen LogP contribution in [-0.2, 0) is 13.1 Å². The predicted octanol–water partition coefficient (Wildman–Crippen LogP) is 3.06. The quantitative estimate of drug-likeness (QED) is 0.910. The summed E-state index contributed by atoms with van der Waals surface area (Å²) in [5.74, 6) is 3.98. The van der Waals surface area contributed by atoms with Crippen molar-refractivity contribution in [2.24, 2.45) is 17.6 Å². The monoisotopic (exact) mass is 262 g/mol. The molecule has 1 saturated heterocycles. The Bertz CT molecular complexity index is 426. The van der Waals surface area contributed by atoms with Gasteiger partial charge in [-0.2, -0.15) is 0 Å². The molecule has 1 aliphatic heterocycles. The van der Waals surface area contributed by atoms with Crippen molar-refractivity contribution in [3.05, 3.63) is 23.2 Å². The van der Waals surface area contributed by atoms with Gasteiger partial charge in [-0.1, -0.05) is 19.3 Å². The first-order valence-corrected chi connectivity index (χ1v) is 7.77. The molecule has 3 nitrogen and oxygen atoms in total. The van der Waals surface area contributed by atoms with Crippen LogP contribution in [0.15, 0.2) is 10.5 Å². The standard InChI is InChI=1S/C16H26N2O/c1-12-8-15(19-16(12)9-17)11-18-7-6-13-4-2-3-5-14(13)10-18/h8,13-14H,2-7,9-11,17H2,1H3. The second kappa shape index (κ2) is 5.68. The van der Waals surface area contributed by atoms with Gasteiger partial charge in [0, 0.05) is 6.54 Å². The van der Waals surface area contributed by atoms with E-state index in [1.807, 2.05) is 0 Å². The highest BCUT2D eigenvalue weighted by Gasteiger charge is 2.31. The van der Waals surface area contributed by atoms with Crippen molar-refractivity contribution < 1.29 is 4.42 Å². The molecule has 2 aliphatic rings. The first-order chi connectivity index (χ1) is 9.26. The Kier molecular flexibility index (Phi) is 3.94. The zero-order valence-electron chi connectivity index (χ0n) is 12.0. The number of rotatable bonds is 3. The van der Waals surface area contributed by atoms with Gasteiger partial charge in [0.25, 0.3) is 0 Å². The number of aryl methyl sites for hydroxylation is 1. The van der Waals surface area contributed by atoms with Gasteiger partial charge in [-0.3, -0.25) is 4.90 Å². The third-order valence-electron chi connectivity index (χ3n) is 5.01. The van der Waals surface area contributed by atoms with Gasteiger partial charge in [-0.05, 0) is 49.8 Å². The Morgan fingerprint density at radius 2 is 2.05 bits per heavy atom. The third-order valence-corrected chi connectivity index (χ3v) is 5.01. The molecule has 1 aliphatic carbocycles. The van der Waals surface area contributed by atoms with Gasteiger partial charge in [0.1, 0.15) is 11.5 Å². The summed E-state index contributed by atoms with van der Waals surface area (Å²) in [4.78, 5) is 2.57. The maximum absolute atomic E-state index is 5.84. The summed E-state index contributed by atoms with van der Waals surface area (Å²) in [6, 6.07) is 2.16. The van der Waals surface area contributed by atoms with Crippen LogP contribution in [0.3, 0.4) is 0 Å². The second-order valence-corrected chi connectivity index (χ2v) is 6.35. The van der Waals surface area contributed by atoms with Crippen molar-refractivity contribution in [2.75, 3.05) is 13.1 Å². The average molecular weight is 262 g/mol. The summed E-state index contributed by atoms with van der Waals surface area (Å²) in [7, 11) is 0. The maximum Gasteiger partial charge on any atom is 0.120 e. The Labute approximate surface area is 116 Å². The summed E-state index contributed by atoms with van der Waals surface area (Å²) in [5, 5.41) is 0. The molecule has 0 aromatic carbocycles. The fourth-order valence-corrected chi connectivity index (χ4v) is 3.91. The molecule has 3 heteroatoms. The topological polar surface area (TPSA) is 42.4 Å². The van der Waals surface area contributed by atoms with Gasteiger partial charge < -0.3 is 10.2 Å². The summed E-state index contributed by atoms with van der Waals surface area (Å²) in [5.41, 5.74) is 6.88. The van der Waals surface area contributed by atoms with Gasteiger partial charge in [0.05, 0.1) is 13.1 Å². The highest BCUT2D eigenvalue weighted by atomic mass is 16.3. The highest BCUT2D eigenvalue weighted by molar-refractivity contribution is 5.19. The van der Waals surface area contributed by atoms with Crippen LogP contribution >= 0.6 is 0 Å². The largest absolute Gasteiger partial charge is 0.463 e. The number of furan rings is 1. The van der Waals surface area contributed by atoms with E-state index >= 15 is 0 Å². The van der Waals surface area contributed by atoms with Crippen molar-refractivity contribution in [3.63, 3.8) is 0 Å². The number of fused-ring (bicyclic) bond motifs is 1. The van der Waals surface area contributed by atoms with Gasteiger partial charge >= 0.3 is 0 Å². The van der Waals surface area contributed by atoms with Crippen molar-refractivity contribution in [2.45, 2.75) is 52.1 Å². The second-order valence-electron chi connectivity index (χ2n) is 6.35. The highest BCUT2D eigenvalue weighted by Crippen LogP contribution is 2.36. The van der Waals surface area contributed by atoms with Crippen LogP contribution < -0.4 is 5.73 Å². The zero-order valence-corrected chi connectivity index (χ0v) is 12.0. The lowest BCUT2D eigenvalue weighted by Crippen LogP contribution is -2.41. The molecule has 0 radical (unpaired) electrons. The van der Waals surface area contributed by atoms with Gasteiger partial charge in [-0.15, -0.1) is 0 Å². The lowest BCUT2D eigenvalue weighted by atomic mass is 9.75. The Hall–Kier alpha value is -0.800. The fourth-order valence-electron chi connectivity index (χ4n) is 3.91. The predicted molar refractivity (Wildman–Crippen MR) is 76.7 cm³/mol.